The third-order valence-corrected chi connectivity index (χ3v) is 2.54. The van der Waals surface area contributed by atoms with E-state index in [4.69, 9.17) is 4.74 Å². The summed E-state index contributed by atoms with van der Waals surface area (Å²) < 4.78 is 9.75. The average molecular weight is 244 g/mol. The first-order valence-corrected chi connectivity index (χ1v) is 6.36. The Morgan fingerprint density at radius 2 is 1.71 bits per heavy atom. The number of carbonyl (C=O) groups is 2. The van der Waals surface area contributed by atoms with E-state index in [0.717, 1.165) is 19.3 Å². The monoisotopic (exact) mass is 244 g/mol. The number of unbranched alkanes of at least 4 members (excludes halogenated alkanes) is 2. The van der Waals surface area contributed by atoms with Gasteiger partial charge in [0.2, 0.25) is 0 Å². The molecule has 0 aromatic carbocycles. The van der Waals surface area contributed by atoms with Gasteiger partial charge in [-0.25, -0.2) is 0 Å². The van der Waals surface area contributed by atoms with Gasteiger partial charge in [-0.2, -0.15) is 0 Å². The summed E-state index contributed by atoms with van der Waals surface area (Å²) >= 11 is 0. The molecule has 0 fully saturated rings. The largest absolute Gasteiger partial charge is 0.469 e. The van der Waals surface area contributed by atoms with Crippen LogP contribution in [0.15, 0.2) is 0 Å². The predicted octanol–water partition coefficient (Wildman–Crippen LogP) is 2.84. The number of esters is 2. The summed E-state index contributed by atoms with van der Waals surface area (Å²) in [6.07, 6.45) is 5.21. The molecule has 100 valence electrons. The van der Waals surface area contributed by atoms with Crippen molar-refractivity contribution in [3.05, 3.63) is 0 Å². The lowest BCUT2D eigenvalue weighted by Crippen LogP contribution is -2.15. The van der Waals surface area contributed by atoms with Crippen molar-refractivity contribution in [2.75, 3.05) is 7.11 Å². The molecule has 17 heavy (non-hydrogen) atoms. The summed E-state index contributed by atoms with van der Waals surface area (Å²) in [7, 11) is 1.37. The van der Waals surface area contributed by atoms with E-state index in [1.807, 2.05) is 6.92 Å². The van der Waals surface area contributed by atoms with Crippen LogP contribution in [0, 0.1) is 0 Å². The van der Waals surface area contributed by atoms with Gasteiger partial charge in [-0.15, -0.1) is 0 Å². The van der Waals surface area contributed by atoms with Crippen molar-refractivity contribution in [1.82, 2.24) is 0 Å². The highest BCUT2D eigenvalue weighted by molar-refractivity contribution is 5.69. The Morgan fingerprint density at radius 1 is 1.06 bits per heavy atom. The van der Waals surface area contributed by atoms with Gasteiger partial charge in [0.25, 0.3) is 0 Å². The van der Waals surface area contributed by atoms with Gasteiger partial charge in [0.15, 0.2) is 0 Å². The molecule has 1 unspecified atom stereocenters. The number of carbonyl (C=O) groups excluding carboxylic acids is 2. The van der Waals surface area contributed by atoms with Crippen molar-refractivity contribution in [2.45, 2.75) is 64.9 Å². The summed E-state index contributed by atoms with van der Waals surface area (Å²) in [6, 6.07) is 0. The standard InChI is InChI=1S/C13H24O4/c1-4-5-6-9-13(15)17-11(2)8-7-10-12(14)16-3/h11H,4-10H2,1-3H3. The minimum absolute atomic E-state index is 0.117. The van der Waals surface area contributed by atoms with Crippen LogP contribution in [0.5, 0.6) is 0 Å². The zero-order valence-electron chi connectivity index (χ0n) is 11.2. The van der Waals surface area contributed by atoms with E-state index in [-0.39, 0.29) is 18.0 Å². The van der Waals surface area contributed by atoms with Crippen LogP contribution < -0.4 is 0 Å². The molecule has 0 heterocycles. The average Bonchev–Trinajstić information content (AvgIpc) is 2.29. The first-order chi connectivity index (χ1) is 8.10. The fourth-order valence-electron chi connectivity index (χ4n) is 1.50. The molecule has 0 amide bonds. The lowest BCUT2D eigenvalue weighted by Gasteiger charge is -2.12. The Morgan fingerprint density at radius 3 is 2.29 bits per heavy atom. The first-order valence-electron chi connectivity index (χ1n) is 6.36. The van der Waals surface area contributed by atoms with Crippen LogP contribution in [0.1, 0.15) is 58.8 Å². The van der Waals surface area contributed by atoms with E-state index in [1.54, 1.807) is 0 Å². The van der Waals surface area contributed by atoms with Crippen LogP contribution >= 0.6 is 0 Å². The summed E-state index contributed by atoms with van der Waals surface area (Å²) in [5, 5.41) is 0. The minimum Gasteiger partial charge on any atom is -0.469 e. The normalized spacial score (nSPS) is 11.9. The SMILES string of the molecule is CCCCCC(=O)OC(C)CCCC(=O)OC. The van der Waals surface area contributed by atoms with Gasteiger partial charge >= 0.3 is 11.9 Å². The Labute approximate surface area is 104 Å². The Balaban J connectivity index is 3.53. The number of hydrogen-bond acceptors (Lipinski definition) is 4. The van der Waals surface area contributed by atoms with E-state index in [2.05, 4.69) is 11.7 Å². The van der Waals surface area contributed by atoms with E-state index in [9.17, 15) is 9.59 Å². The van der Waals surface area contributed by atoms with Gasteiger partial charge in [-0.3, -0.25) is 9.59 Å². The van der Waals surface area contributed by atoms with Gasteiger partial charge in [0, 0.05) is 12.8 Å². The fourth-order valence-corrected chi connectivity index (χ4v) is 1.50. The molecule has 0 aromatic heterocycles. The quantitative estimate of drug-likeness (QED) is 0.462. The molecule has 0 aliphatic rings. The maximum absolute atomic E-state index is 11.4. The van der Waals surface area contributed by atoms with Gasteiger partial charge in [0.05, 0.1) is 13.2 Å². The molecule has 0 N–H and O–H groups in total. The van der Waals surface area contributed by atoms with Gasteiger partial charge < -0.3 is 9.47 Å². The van der Waals surface area contributed by atoms with Gasteiger partial charge in [0.1, 0.15) is 0 Å². The third-order valence-electron chi connectivity index (χ3n) is 2.54. The Kier molecular flexibility index (Phi) is 9.49. The van der Waals surface area contributed by atoms with E-state index < -0.39 is 0 Å². The Bertz CT molecular complexity index is 225. The van der Waals surface area contributed by atoms with E-state index >= 15 is 0 Å². The molecule has 0 rings (SSSR count). The third kappa shape index (κ3) is 9.85. The summed E-state index contributed by atoms with van der Waals surface area (Å²) in [4.78, 5) is 22.2. The molecule has 0 saturated carbocycles. The highest BCUT2D eigenvalue weighted by Crippen LogP contribution is 2.08. The van der Waals surface area contributed by atoms with Crippen LogP contribution in [-0.2, 0) is 19.1 Å². The summed E-state index contributed by atoms with van der Waals surface area (Å²) in [6.45, 7) is 3.95. The maximum atomic E-state index is 11.4. The van der Waals surface area contributed by atoms with Gasteiger partial charge in [-0.05, 0) is 26.2 Å². The second-order valence-electron chi connectivity index (χ2n) is 4.23. The van der Waals surface area contributed by atoms with Crippen molar-refractivity contribution in [3.63, 3.8) is 0 Å². The van der Waals surface area contributed by atoms with Gasteiger partial charge in [-0.1, -0.05) is 19.8 Å². The van der Waals surface area contributed by atoms with Crippen LogP contribution in [0.3, 0.4) is 0 Å². The van der Waals surface area contributed by atoms with Crippen molar-refractivity contribution in [2.24, 2.45) is 0 Å². The maximum Gasteiger partial charge on any atom is 0.306 e. The highest BCUT2D eigenvalue weighted by Gasteiger charge is 2.10. The molecule has 0 aliphatic heterocycles. The molecule has 0 aromatic rings. The molecule has 4 heteroatoms. The number of rotatable bonds is 9. The second-order valence-corrected chi connectivity index (χ2v) is 4.23. The molecule has 0 radical (unpaired) electrons. The molecule has 1 atom stereocenters. The molecule has 0 saturated heterocycles. The molecule has 0 aliphatic carbocycles. The smallest absolute Gasteiger partial charge is 0.306 e. The molecule has 0 bridgehead atoms. The van der Waals surface area contributed by atoms with E-state index in [1.165, 1.54) is 7.11 Å². The zero-order valence-corrected chi connectivity index (χ0v) is 11.2. The van der Waals surface area contributed by atoms with Crippen LogP contribution in [0.2, 0.25) is 0 Å². The lowest BCUT2D eigenvalue weighted by atomic mass is 10.1. The molecule has 0 spiro atoms. The topological polar surface area (TPSA) is 52.6 Å². The number of ether oxygens (including phenoxy) is 2. The second kappa shape index (κ2) is 10.1. The predicted molar refractivity (Wildman–Crippen MR) is 65.6 cm³/mol. The van der Waals surface area contributed by atoms with E-state index in [0.29, 0.717) is 25.7 Å². The van der Waals surface area contributed by atoms with Crippen LogP contribution in [0.25, 0.3) is 0 Å². The molecular formula is C13H24O4. The zero-order chi connectivity index (χ0) is 13.1. The first kappa shape index (κ1) is 15.9. The number of methoxy groups -OCH3 is 1. The van der Waals surface area contributed by atoms with Crippen LogP contribution in [-0.4, -0.2) is 25.2 Å². The molecular weight excluding hydrogens is 220 g/mol. The van der Waals surface area contributed by atoms with Crippen LogP contribution in [0.4, 0.5) is 0 Å². The van der Waals surface area contributed by atoms with Crippen molar-refractivity contribution >= 4 is 11.9 Å². The Hall–Kier alpha value is -1.06. The van der Waals surface area contributed by atoms with Crippen molar-refractivity contribution in [3.8, 4) is 0 Å². The summed E-state index contributed by atoms with van der Waals surface area (Å²) in [5.74, 6) is -0.351. The fraction of sp³-hybridized carbons (Fsp3) is 0.846. The summed E-state index contributed by atoms with van der Waals surface area (Å²) in [5.41, 5.74) is 0. The van der Waals surface area contributed by atoms with Crippen molar-refractivity contribution < 1.29 is 19.1 Å². The number of hydrogen-bond donors (Lipinski definition) is 0. The minimum atomic E-state index is -0.216. The highest BCUT2D eigenvalue weighted by atomic mass is 16.5. The lowest BCUT2D eigenvalue weighted by molar-refractivity contribution is -0.148. The van der Waals surface area contributed by atoms with Crippen molar-refractivity contribution in [1.29, 1.82) is 0 Å². The molecule has 4 nitrogen and oxygen atoms in total.